The van der Waals surface area contributed by atoms with Gasteiger partial charge in [0.25, 0.3) is 0 Å². The minimum atomic E-state index is 0.171. The molecule has 0 saturated carbocycles. The number of amidine groups is 1. The maximum Gasteiger partial charge on any atom is 0.181 e. The SMILES string of the molecule is CCCN1CN(Cc2ccc(Cl)cc2)C=C2C1=NC(N1CCC1)N2C. The number of fused-ring (bicyclic) bond motifs is 1. The highest BCUT2D eigenvalue weighted by Crippen LogP contribution is 2.30. The summed E-state index contributed by atoms with van der Waals surface area (Å²) >= 11 is 6.02. The van der Waals surface area contributed by atoms with E-state index >= 15 is 0 Å². The zero-order valence-electron chi connectivity index (χ0n) is 15.0. The van der Waals surface area contributed by atoms with E-state index in [0.717, 1.165) is 50.1 Å². The number of halogens is 1. The van der Waals surface area contributed by atoms with Gasteiger partial charge in [-0.1, -0.05) is 30.7 Å². The summed E-state index contributed by atoms with van der Waals surface area (Å²) in [5.41, 5.74) is 2.52. The summed E-state index contributed by atoms with van der Waals surface area (Å²) in [7, 11) is 2.17. The molecule has 1 aromatic carbocycles. The monoisotopic (exact) mass is 359 g/mol. The third kappa shape index (κ3) is 3.23. The first-order valence-electron chi connectivity index (χ1n) is 9.16. The molecule has 1 fully saturated rings. The Bertz CT molecular complexity index is 680. The van der Waals surface area contributed by atoms with Crippen LogP contribution in [0.4, 0.5) is 0 Å². The van der Waals surface area contributed by atoms with Gasteiger partial charge in [-0.25, -0.2) is 4.99 Å². The molecule has 4 rings (SSSR count). The summed E-state index contributed by atoms with van der Waals surface area (Å²) in [6.07, 6.45) is 4.86. The molecule has 0 radical (unpaired) electrons. The van der Waals surface area contributed by atoms with Gasteiger partial charge in [0, 0.05) is 44.4 Å². The Morgan fingerprint density at radius 3 is 2.60 bits per heavy atom. The van der Waals surface area contributed by atoms with Gasteiger partial charge in [0.05, 0.1) is 12.4 Å². The minimum absolute atomic E-state index is 0.171. The van der Waals surface area contributed by atoms with Crippen LogP contribution in [0.15, 0.2) is 41.2 Å². The molecule has 5 nitrogen and oxygen atoms in total. The van der Waals surface area contributed by atoms with Gasteiger partial charge >= 0.3 is 0 Å². The lowest BCUT2D eigenvalue weighted by Crippen LogP contribution is -2.50. The van der Waals surface area contributed by atoms with Crippen LogP contribution in [0.1, 0.15) is 25.3 Å². The van der Waals surface area contributed by atoms with Crippen molar-refractivity contribution >= 4 is 17.4 Å². The third-order valence-corrected chi connectivity index (χ3v) is 5.41. The van der Waals surface area contributed by atoms with Gasteiger partial charge in [0.1, 0.15) is 0 Å². The summed E-state index contributed by atoms with van der Waals surface area (Å²) in [4.78, 5) is 14.6. The number of hydrogen-bond acceptors (Lipinski definition) is 5. The molecule has 0 spiro atoms. The van der Waals surface area contributed by atoms with Crippen LogP contribution in [0.5, 0.6) is 0 Å². The van der Waals surface area contributed by atoms with Crippen molar-refractivity contribution in [1.29, 1.82) is 0 Å². The maximum atomic E-state index is 6.02. The van der Waals surface area contributed by atoms with Gasteiger partial charge in [0.2, 0.25) is 0 Å². The normalized spacial score (nSPS) is 23.3. The highest BCUT2D eigenvalue weighted by molar-refractivity contribution is 6.30. The van der Waals surface area contributed by atoms with Crippen LogP contribution in [-0.4, -0.2) is 65.1 Å². The Kier molecular flexibility index (Phi) is 4.61. The quantitative estimate of drug-likeness (QED) is 0.807. The number of benzene rings is 1. The molecule has 25 heavy (non-hydrogen) atoms. The van der Waals surface area contributed by atoms with Crippen molar-refractivity contribution in [2.75, 3.05) is 33.4 Å². The largest absolute Gasteiger partial charge is 0.354 e. The average molecular weight is 360 g/mol. The van der Waals surface area contributed by atoms with Crippen molar-refractivity contribution in [1.82, 2.24) is 19.6 Å². The first kappa shape index (κ1) is 16.7. The molecule has 1 aromatic rings. The number of hydrogen-bond donors (Lipinski definition) is 0. The summed E-state index contributed by atoms with van der Waals surface area (Å²) < 4.78 is 0. The van der Waals surface area contributed by atoms with Crippen molar-refractivity contribution < 1.29 is 0 Å². The number of likely N-dealkylation sites (N-methyl/N-ethyl adjacent to an activating group) is 1. The Balaban J connectivity index is 1.57. The summed E-state index contributed by atoms with van der Waals surface area (Å²) in [5.74, 6) is 1.16. The molecule has 134 valence electrons. The van der Waals surface area contributed by atoms with Crippen molar-refractivity contribution in [2.24, 2.45) is 4.99 Å². The molecule has 3 aliphatic rings. The van der Waals surface area contributed by atoms with Gasteiger partial charge in [0.15, 0.2) is 12.1 Å². The molecule has 1 unspecified atom stereocenters. The highest BCUT2D eigenvalue weighted by atomic mass is 35.5. The molecule has 1 atom stereocenters. The summed E-state index contributed by atoms with van der Waals surface area (Å²) in [6.45, 7) is 7.35. The molecule has 1 saturated heterocycles. The molecule has 3 aliphatic heterocycles. The van der Waals surface area contributed by atoms with Gasteiger partial charge in [-0.2, -0.15) is 0 Å². The summed E-state index contributed by atoms with van der Waals surface area (Å²) in [5, 5.41) is 0.788. The predicted octanol–water partition coefficient (Wildman–Crippen LogP) is 3.00. The van der Waals surface area contributed by atoms with Crippen molar-refractivity contribution in [3.63, 3.8) is 0 Å². The fourth-order valence-electron chi connectivity index (χ4n) is 3.70. The molecular formula is C19H26ClN5. The van der Waals surface area contributed by atoms with Crippen molar-refractivity contribution in [3.05, 3.63) is 46.7 Å². The second kappa shape index (κ2) is 6.89. The molecule has 0 amide bonds. The lowest BCUT2D eigenvalue weighted by Gasteiger charge is -2.39. The smallest absolute Gasteiger partial charge is 0.181 e. The molecule has 0 aromatic heterocycles. The average Bonchev–Trinajstić information content (AvgIpc) is 2.86. The molecule has 0 N–H and O–H groups in total. The number of aliphatic imine (C=N–C) groups is 1. The van der Waals surface area contributed by atoms with Gasteiger partial charge in [-0.05, 0) is 30.5 Å². The highest BCUT2D eigenvalue weighted by Gasteiger charge is 2.38. The maximum absolute atomic E-state index is 6.02. The van der Waals surface area contributed by atoms with E-state index in [2.05, 4.69) is 51.9 Å². The van der Waals surface area contributed by atoms with E-state index in [4.69, 9.17) is 16.6 Å². The van der Waals surface area contributed by atoms with Crippen molar-refractivity contribution in [3.8, 4) is 0 Å². The minimum Gasteiger partial charge on any atom is -0.354 e. The van der Waals surface area contributed by atoms with E-state index in [9.17, 15) is 0 Å². The Hall–Kier alpha value is -1.72. The van der Waals surface area contributed by atoms with Crippen LogP contribution in [0.2, 0.25) is 5.02 Å². The van der Waals surface area contributed by atoms with E-state index < -0.39 is 0 Å². The van der Waals surface area contributed by atoms with E-state index in [-0.39, 0.29) is 6.29 Å². The van der Waals surface area contributed by atoms with Crippen LogP contribution >= 0.6 is 11.6 Å². The lowest BCUT2D eigenvalue weighted by atomic mass is 10.2. The zero-order chi connectivity index (χ0) is 17.4. The zero-order valence-corrected chi connectivity index (χ0v) is 15.8. The molecular weight excluding hydrogens is 334 g/mol. The molecule has 6 heteroatoms. The Morgan fingerprint density at radius 2 is 1.96 bits per heavy atom. The van der Waals surface area contributed by atoms with Crippen molar-refractivity contribution in [2.45, 2.75) is 32.6 Å². The lowest BCUT2D eigenvalue weighted by molar-refractivity contribution is 0.0492. The van der Waals surface area contributed by atoms with Crippen LogP contribution in [-0.2, 0) is 6.54 Å². The van der Waals surface area contributed by atoms with E-state index in [1.165, 1.54) is 17.7 Å². The van der Waals surface area contributed by atoms with Crippen LogP contribution in [0.25, 0.3) is 0 Å². The first-order valence-corrected chi connectivity index (χ1v) is 9.54. The van der Waals surface area contributed by atoms with Gasteiger partial charge < -0.3 is 14.7 Å². The van der Waals surface area contributed by atoms with Crippen LogP contribution in [0.3, 0.4) is 0 Å². The fraction of sp³-hybridized carbons (Fsp3) is 0.526. The topological polar surface area (TPSA) is 25.3 Å². The standard InChI is InChI=1S/C19H26ClN5/c1-3-9-25-14-23(12-15-5-7-16(20)8-6-15)13-17-18(25)21-19(22(17)2)24-10-4-11-24/h5-8,13,19H,3-4,9-12,14H2,1-2H3. The molecule has 0 bridgehead atoms. The molecule has 3 heterocycles. The second-order valence-electron chi connectivity index (χ2n) is 7.09. The predicted molar refractivity (Wildman–Crippen MR) is 102 cm³/mol. The van der Waals surface area contributed by atoms with Crippen LogP contribution < -0.4 is 0 Å². The van der Waals surface area contributed by atoms with E-state index in [1.807, 2.05) is 12.1 Å². The fourth-order valence-corrected chi connectivity index (χ4v) is 3.83. The van der Waals surface area contributed by atoms with Crippen LogP contribution in [0, 0.1) is 0 Å². The van der Waals surface area contributed by atoms with Gasteiger partial charge in [-0.3, -0.25) is 4.90 Å². The van der Waals surface area contributed by atoms with Gasteiger partial charge in [-0.15, -0.1) is 0 Å². The third-order valence-electron chi connectivity index (χ3n) is 5.16. The Morgan fingerprint density at radius 1 is 1.20 bits per heavy atom. The summed E-state index contributed by atoms with van der Waals surface area (Å²) in [6, 6.07) is 8.14. The molecule has 0 aliphatic carbocycles. The number of rotatable bonds is 5. The first-order chi connectivity index (χ1) is 12.2. The second-order valence-corrected chi connectivity index (χ2v) is 7.53. The number of nitrogens with zero attached hydrogens (tertiary/aromatic N) is 5. The van der Waals surface area contributed by atoms with E-state index in [0.29, 0.717) is 0 Å². The van der Waals surface area contributed by atoms with E-state index in [1.54, 1.807) is 0 Å². The number of likely N-dealkylation sites (tertiary alicyclic amines) is 1. The Labute approximate surface area is 155 Å².